The number of halogens is 1. The van der Waals surface area contributed by atoms with Gasteiger partial charge in [0.25, 0.3) is 0 Å². The molecule has 0 bridgehead atoms. The molecular formula is C25H25ClN4O3. The zero-order chi connectivity index (χ0) is 23.3. The van der Waals surface area contributed by atoms with E-state index in [-0.39, 0.29) is 11.2 Å². The first kappa shape index (κ1) is 21.5. The molecule has 170 valence electrons. The molecular weight excluding hydrogens is 440 g/mol. The van der Waals surface area contributed by atoms with Gasteiger partial charge >= 0.3 is 0 Å². The van der Waals surface area contributed by atoms with Crippen molar-refractivity contribution < 1.29 is 14.3 Å². The van der Waals surface area contributed by atoms with Gasteiger partial charge in [-0.1, -0.05) is 37.6 Å². The molecule has 1 atom stereocenters. The minimum Gasteiger partial charge on any atom is -0.497 e. The average molecular weight is 465 g/mol. The number of allylic oxidation sites excluding steroid dienone is 2. The molecule has 1 aliphatic heterocycles. The highest BCUT2D eigenvalue weighted by atomic mass is 35.5. The Bertz CT molecular complexity index is 1290. The fourth-order valence-corrected chi connectivity index (χ4v) is 4.89. The summed E-state index contributed by atoms with van der Waals surface area (Å²) in [5.41, 5.74) is 3.01. The van der Waals surface area contributed by atoms with Crippen LogP contribution in [0.4, 0.5) is 5.95 Å². The predicted molar refractivity (Wildman–Crippen MR) is 127 cm³/mol. The summed E-state index contributed by atoms with van der Waals surface area (Å²) in [5.74, 6) is 2.52. The van der Waals surface area contributed by atoms with Crippen LogP contribution in [0.1, 0.15) is 38.3 Å². The van der Waals surface area contributed by atoms with E-state index < -0.39 is 6.04 Å². The fraction of sp³-hybridized carbons (Fsp3) is 0.320. The molecule has 3 aromatic rings. The Labute approximate surface area is 197 Å². The van der Waals surface area contributed by atoms with Crippen molar-refractivity contribution in [2.24, 2.45) is 5.41 Å². The van der Waals surface area contributed by atoms with Crippen LogP contribution in [-0.4, -0.2) is 34.8 Å². The number of hydrogen-bond acceptors (Lipinski definition) is 6. The molecule has 1 aliphatic carbocycles. The van der Waals surface area contributed by atoms with Crippen molar-refractivity contribution in [3.8, 4) is 22.9 Å². The van der Waals surface area contributed by atoms with E-state index in [0.717, 1.165) is 23.2 Å². The molecule has 0 saturated carbocycles. The molecule has 7 nitrogen and oxygen atoms in total. The smallest absolute Gasteiger partial charge is 0.226 e. The lowest BCUT2D eigenvalue weighted by Gasteiger charge is -2.38. The van der Waals surface area contributed by atoms with Gasteiger partial charge in [0.1, 0.15) is 17.5 Å². The van der Waals surface area contributed by atoms with E-state index in [4.69, 9.17) is 31.2 Å². The number of anilines is 1. The molecule has 1 N–H and O–H groups in total. The number of ketones is 1. The number of carbonyl (C=O) groups excluding carboxylic acids is 1. The van der Waals surface area contributed by atoms with Crippen molar-refractivity contribution in [2.45, 2.75) is 32.7 Å². The molecule has 2 aliphatic rings. The van der Waals surface area contributed by atoms with E-state index in [1.165, 1.54) is 0 Å². The number of Topliss-reactive ketones (excluding diaryl/α,β-unsaturated/α-hetero) is 1. The topological polar surface area (TPSA) is 78.3 Å². The first-order valence-corrected chi connectivity index (χ1v) is 11.1. The maximum absolute atomic E-state index is 13.5. The number of nitrogens with one attached hydrogen (secondary N) is 1. The Morgan fingerprint density at radius 1 is 1.12 bits per heavy atom. The molecule has 1 unspecified atom stereocenters. The number of ether oxygens (including phenoxy) is 2. The molecule has 5 rings (SSSR count). The summed E-state index contributed by atoms with van der Waals surface area (Å²) in [6, 6.07) is 12.5. The highest BCUT2D eigenvalue weighted by Crippen LogP contribution is 2.47. The van der Waals surface area contributed by atoms with Gasteiger partial charge in [-0.2, -0.15) is 4.98 Å². The molecule has 0 amide bonds. The highest BCUT2D eigenvalue weighted by molar-refractivity contribution is 6.30. The summed E-state index contributed by atoms with van der Waals surface area (Å²) in [6.07, 6.45) is 1.19. The maximum atomic E-state index is 13.5. The highest BCUT2D eigenvalue weighted by Gasteiger charge is 2.42. The minimum absolute atomic E-state index is 0.0917. The first-order valence-electron chi connectivity index (χ1n) is 10.8. The minimum atomic E-state index is -0.495. The molecule has 2 heterocycles. The largest absolute Gasteiger partial charge is 0.497 e. The van der Waals surface area contributed by atoms with Crippen LogP contribution in [0.25, 0.3) is 11.4 Å². The molecule has 2 aromatic carbocycles. The Morgan fingerprint density at radius 3 is 2.67 bits per heavy atom. The van der Waals surface area contributed by atoms with Crippen LogP contribution in [-0.2, 0) is 4.79 Å². The first-order chi connectivity index (χ1) is 15.8. The summed E-state index contributed by atoms with van der Waals surface area (Å²) >= 11 is 6.21. The van der Waals surface area contributed by atoms with E-state index >= 15 is 0 Å². The van der Waals surface area contributed by atoms with Gasteiger partial charge in [0.05, 0.1) is 14.2 Å². The number of benzene rings is 2. The van der Waals surface area contributed by atoms with E-state index in [2.05, 4.69) is 19.2 Å². The molecule has 0 fully saturated rings. The SMILES string of the molecule is COc1ccc(OC)c(C2C3=C(CC(C)(C)CC3=O)Nc3nc(-c4cccc(Cl)c4)nn32)c1. The molecule has 0 saturated heterocycles. The summed E-state index contributed by atoms with van der Waals surface area (Å²) in [6.45, 7) is 4.21. The summed E-state index contributed by atoms with van der Waals surface area (Å²) < 4.78 is 12.9. The molecule has 33 heavy (non-hydrogen) atoms. The van der Waals surface area contributed by atoms with Gasteiger partial charge in [0, 0.05) is 33.8 Å². The molecule has 0 spiro atoms. The quantitative estimate of drug-likeness (QED) is 0.566. The molecule has 8 heteroatoms. The lowest BCUT2D eigenvalue weighted by molar-refractivity contribution is -0.118. The Morgan fingerprint density at radius 2 is 1.94 bits per heavy atom. The summed E-state index contributed by atoms with van der Waals surface area (Å²) in [7, 11) is 3.23. The number of nitrogens with zero attached hydrogens (tertiary/aromatic N) is 3. The van der Waals surface area contributed by atoms with Gasteiger partial charge in [-0.25, -0.2) is 4.68 Å². The van der Waals surface area contributed by atoms with Crippen molar-refractivity contribution in [3.05, 3.63) is 64.3 Å². The van der Waals surface area contributed by atoms with Gasteiger partial charge in [0.2, 0.25) is 5.95 Å². The van der Waals surface area contributed by atoms with E-state index in [1.807, 2.05) is 42.5 Å². The van der Waals surface area contributed by atoms with Crippen molar-refractivity contribution in [2.75, 3.05) is 19.5 Å². The van der Waals surface area contributed by atoms with Crippen LogP contribution in [0, 0.1) is 5.41 Å². The monoisotopic (exact) mass is 464 g/mol. The van der Waals surface area contributed by atoms with Crippen LogP contribution in [0.5, 0.6) is 11.5 Å². The van der Waals surface area contributed by atoms with Gasteiger partial charge < -0.3 is 14.8 Å². The number of carbonyl (C=O) groups is 1. The average Bonchev–Trinajstić information content (AvgIpc) is 3.20. The van der Waals surface area contributed by atoms with Crippen LogP contribution in [0.15, 0.2) is 53.7 Å². The van der Waals surface area contributed by atoms with Crippen LogP contribution in [0.2, 0.25) is 5.02 Å². The van der Waals surface area contributed by atoms with E-state index in [9.17, 15) is 4.79 Å². The van der Waals surface area contributed by atoms with Gasteiger partial charge in [-0.05, 0) is 42.2 Å². The number of rotatable bonds is 4. The lowest BCUT2D eigenvalue weighted by atomic mass is 9.73. The number of hydrogen-bond donors (Lipinski definition) is 1. The molecule has 1 aromatic heterocycles. The maximum Gasteiger partial charge on any atom is 0.226 e. The Kier molecular flexibility index (Phi) is 5.16. The lowest BCUT2D eigenvalue weighted by Crippen LogP contribution is -2.36. The van der Waals surface area contributed by atoms with Crippen molar-refractivity contribution in [1.82, 2.24) is 14.8 Å². The van der Waals surface area contributed by atoms with E-state index in [0.29, 0.717) is 40.3 Å². The zero-order valence-electron chi connectivity index (χ0n) is 19.0. The third kappa shape index (κ3) is 3.76. The second kappa shape index (κ2) is 7.92. The Balaban J connectivity index is 1.73. The van der Waals surface area contributed by atoms with Gasteiger partial charge in [-0.3, -0.25) is 4.79 Å². The summed E-state index contributed by atoms with van der Waals surface area (Å²) in [5, 5.41) is 8.82. The second-order valence-electron chi connectivity index (χ2n) is 9.18. The third-order valence-electron chi connectivity index (χ3n) is 6.15. The predicted octanol–water partition coefficient (Wildman–Crippen LogP) is 5.27. The third-order valence-corrected chi connectivity index (χ3v) is 6.38. The van der Waals surface area contributed by atoms with Crippen molar-refractivity contribution in [1.29, 1.82) is 0 Å². The zero-order valence-corrected chi connectivity index (χ0v) is 19.7. The van der Waals surface area contributed by atoms with Gasteiger partial charge in [0.15, 0.2) is 11.6 Å². The van der Waals surface area contributed by atoms with E-state index in [1.54, 1.807) is 18.9 Å². The fourth-order valence-electron chi connectivity index (χ4n) is 4.70. The number of methoxy groups -OCH3 is 2. The number of fused-ring (bicyclic) bond motifs is 1. The molecule has 0 radical (unpaired) electrons. The van der Waals surface area contributed by atoms with Crippen LogP contribution in [0.3, 0.4) is 0 Å². The summed E-state index contributed by atoms with van der Waals surface area (Å²) in [4.78, 5) is 18.2. The Hall–Kier alpha value is -3.32. The van der Waals surface area contributed by atoms with Crippen molar-refractivity contribution >= 4 is 23.3 Å². The standard InChI is InChI=1S/C25H25ClN4O3/c1-25(2)12-18-21(19(31)13-25)22(17-11-16(32-3)8-9-20(17)33-4)30-24(27-18)28-23(29-30)14-6-5-7-15(26)10-14/h5-11,22H,12-13H2,1-4H3,(H,27,28,29). The van der Waals surface area contributed by atoms with Crippen LogP contribution >= 0.6 is 11.6 Å². The second-order valence-corrected chi connectivity index (χ2v) is 9.62. The van der Waals surface area contributed by atoms with Crippen molar-refractivity contribution in [3.63, 3.8) is 0 Å². The number of aromatic nitrogens is 3. The normalized spacial score (nSPS) is 18.9. The van der Waals surface area contributed by atoms with Gasteiger partial charge in [-0.15, -0.1) is 5.10 Å². The van der Waals surface area contributed by atoms with Crippen LogP contribution < -0.4 is 14.8 Å².